The van der Waals surface area contributed by atoms with E-state index < -0.39 is 24.3 Å². The summed E-state index contributed by atoms with van der Waals surface area (Å²) in [6.45, 7) is 5.26. The van der Waals surface area contributed by atoms with Crippen LogP contribution < -0.4 is 0 Å². The van der Waals surface area contributed by atoms with E-state index in [0.717, 1.165) is 44.8 Å². The fraction of sp³-hybridized carbons (Fsp3) is 0.696. The molecule has 1 saturated heterocycles. The zero-order valence-corrected chi connectivity index (χ0v) is 21.3. The van der Waals surface area contributed by atoms with Crippen molar-refractivity contribution in [2.45, 2.75) is 83.2 Å². The van der Waals surface area contributed by atoms with Gasteiger partial charge >= 0.3 is 24.3 Å². The molecule has 3 N–H and O–H groups in total. The third-order valence-electron chi connectivity index (χ3n) is 6.50. The van der Waals surface area contributed by atoms with Crippen LogP contribution in [0, 0.1) is 12.8 Å². The Bertz CT molecular complexity index is 1020. The first kappa shape index (κ1) is 32.0. The average Bonchev–Trinajstić information content (AvgIpc) is 3.49. The lowest BCUT2D eigenvalue weighted by Crippen LogP contribution is -2.34. The van der Waals surface area contributed by atoms with Crippen LogP contribution in [0.4, 0.5) is 26.3 Å². The topological polar surface area (TPSA) is 137 Å². The Kier molecular flexibility index (Phi) is 11.7. The molecule has 0 bridgehead atoms. The van der Waals surface area contributed by atoms with Crippen LogP contribution >= 0.6 is 0 Å². The van der Waals surface area contributed by atoms with Gasteiger partial charge < -0.3 is 15.2 Å². The number of rotatable bonds is 5. The number of carboxylic acid groups (broad SMARTS) is 2. The smallest absolute Gasteiger partial charge is 0.475 e. The molecule has 0 aromatic carbocycles. The van der Waals surface area contributed by atoms with Gasteiger partial charge in [-0.15, -0.1) is 5.10 Å². The highest BCUT2D eigenvalue weighted by Gasteiger charge is 2.38. The molecule has 3 heterocycles. The molecule has 39 heavy (non-hydrogen) atoms. The van der Waals surface area contributed by atoms with Crippen molar-refractivity contribution < 1.29 is 46.1 Å². The van der Waals surface area contributed by atoms with Crippen molar-refractivity contribution in [1.82, 2.24) is 29.9 Å². The van der Waals surface area contributed by atoms with E-state index in [0.29, 0.717) is 6.04 Å². The van der Waals surface area contributed by atoms with Crippen LogP contribution in [-0.4, -0.2) is 77.5 Å². The van der Waals surface area contributed by atoms with E-state index in [4.69, 9.17) is 19.8 Å². The summed E-state index contributed by atoms with van der Waals surface area (Å²) in [4.78, 5) is 27.9. The molecule has 0 radical (unpaired) electrons. The third kappa shape index (κ3) is 11.2. The molecular formula is C23H32F6N6O4. The molecule has 0 spiro atoms. The van der Waals surface area contributed by atoms with E-state index in [1.807, 2.05) is 0 Å². The van der Waals surface area contributed by atoms with E-state index in [9.17, 15) is 26.3 Å². The van der Waals surface area contributed by atoms with Gasteiger partial charge in [0.05, 0.1) is 23.8 Å². The lowest BCUT2D eigenvalue weighted by atomic mass is 9.86. The molecule has 16 heteroatoms. The fourth-order valence-electron chi connectivity index (χ4n) is 4.37. The van der Waals surface area contributed by atoms with Crippen LogP contribution in [0.15, 0.2) is 12.5 Å². The number of carboxylic acids is 2. The monoisotopic (exact) mass is 570 g/mol. The van der Waals surface area contributed by atoms with Crippen LogP contribution in [0.1, 0.15) is 68.1 Å². The van der Waals surface area contributed by atoms with Crippen molar-refractivity contribution in [3.63, 3.8) is 0 Å². The van der Waals surface area contributed by atoms with Gasteiger partial charge in [0.15, 0.2) is 0 Å². The number of piperidine rings is 1. The number of nitrogens with one attached hydrogen (secondary N) is 1. The second kappa shape index (κ2) is 14.3. The van der Waals surface area contributed by atoms with Crippen LogP contribution in [0.5, 0.6) is 0 Å². The number of aliphatic carboxylic acids is 2. The minimum Gasteiger partial charge on any atom is -0.475 e. The van der Waals surface area contributed by atoms with E-state index in [2.05, 4.69) is 43.0 Å². The van der Waals surface area contributed by atoms with Crippen LogP contribution in [0.25, 0.3) is 0 Å². The number of halogens is 6. The molecule has 0 unspecified atom stereocenters. The van der Waals surface area contributed by atoms with Gasteiger partial charge in [-0.1, -0.05) is 37.3 Å². The van der Waals surface area contributed by atoms with Crippen molar-refractivity contribution in [3.05, 3.63) is 29.6 Å². The van der Waals surface area contributed by atoms with Gasteiger partial charge in [0.25, 0.3) is 0 Å². The van der Waals surface area contributed by atoms with Gasteiger partial charge in [-0.05, 0) is 32.1 Å². The van der Waals surface area contributed by atoms with Crippen molar-refractivity contribution in [2.24, 2.45) is 5.92 Å². The summed E-state index contributed by atoms with van der Waals surface area (Å²) in [7, 11) is 0. The molecule has 10 nitrogen and oxygen atoms in total. The average molecular weight is 571 g/mol. The number of H-pyrrole nitrogens is 1. The third-order valence-corrected chi connectivity index (χ3v) is 6.50. The predicted octanol–water partition coefficient (Wildman–Crippen LogP) is 4.54. The highest BCUT2D eigenvalue weighted by Crippen LogP contribution is 2.27. The molecule has 1 aliphatic heterocycles. The predicted molar refractivity (Wildman–Crippen MR) is 125 cm³/mol. The molecule has 220 valence electrons. The SMILES string of the molecule is Cc1[nH]cnc1CN1CCC(n2cc(CC3CCCCC3)nn2)CC1.O=C(O)C(F)(F)F.O=C(O)C(F)(F)F. The van der Waals surface area contributed by atoms with E-state index in [-0.39, 0.29) is 0 Å². The first-order chi connectivity index (χ1) is 18.2. The van der Waals surface area contributed by atoms with Crippen molar-refractivity contribution in [2.75, 3.05) is 13.1 Å². The molecule has 2 aromatic heterocycles. The number of imidazole rings is 1. The summed E-state index contributed by atoms with van der Waals surface area (Å²) in [6, 6.07) is 0.504. The van der Waals surface area contributed by atoms with Crippen molar-refractivity contribution in [3.8, 4) is 0 Å². The number of hydrogen-bond acceptors (Lipinski definition) is 6. The number of carbonyl (C=O) groups is 2. The summed E-state index contributed by atoms with van der Waals surface area (Å²) in [5.41, 5.74) is 3.56. The Morgan fingerprint density at radius 2 is 1.51 bits per heavy atom. The summed E-state index contributed by atoms with van der Waals surface area (Å²) < 4.78 is 65.6. The van der Waals surface area contributed by atoms with Gasteiger partial charge in [0.1, 0.15) is 0 Å². The van der Waals surface area contributed by atoms with Gasteiger partial charge in [0, 0.05) is 31.5 Å². The number of likely N-dealkylation sites (tertiary alicyclic amines) is 1. The summed E-state index contributed by atoms with van der Waals surface area (Å²) in [5.74, 6) is -4.68. The Morgan fingerprint density at radius 1 is 0.974 bits per heavy atom. The van der Waals surface area contributed by atoms with Gasteiger partial charge in [0.2, 0.25) is 0 Å². The number of nitrogens with zero attached hydrogens (tertiary/aromatic N) is 5. The highest BCUT2D eigenvalue weighted by molar-refractivity contribution is 5.73. The quantitative estimate of drug-likeness (QED) is 0.446. The van der Waals surface area contributed by atoms with Crippen LogP contribution in [0.3, 0.4) is 0 Å². The summed E-state index contributed by atoms with van der Waals surface area (Å²) >= 11 is 0. The summed E-state index contributed by atoms with van der Waals surface area (Å²) in [5, 5.41) is 23.2. The first-order valence-electron chi connectivity index (χ1n) is 12.4. The van der Waals surface area contributed by atoms with Gasteiger partial charge in [-0.2, -0.15) is 26.3 Å². The Balaban J connectivity index is 0.000000317. The summed E-state index contributed by atoms with van der Waals surface area (Å²) in [6.07, 6.45) is 4.21. The molecule has 0 atom stereocenters. The molecule has 2 fully saturated rings. The zero-order valence-electron chi connectivity index (χ0n) is 21.3. The van der Waals surface area contributed by atoms with Crippen LogP contribution in [-0.2, 0) is 22.6 Å². The molecule has 1 saturated carbocycles. The van der Waals surface area contributed by atoms with E-state index in [1.54, 1.807) is 6.33 Å². The minimum absolute atomic E-state index is 0.504. The normalized spacial score (nSPS) is 17.5. The van der Waals surface area contributed by atoms with E-state index in [1.165, 1.54) is 49.2 Å². The Morgan fingerprint density at radius 3 is 1.97 bits per heavy atom. The molecule has 0 amide bonds. The molecule has 1 aliphatic carbocycles. The van der Waals surface area contributed by atoms with Gasteiger partial charge in [-0.3, -0.25) is 4.90 Å². The van der Waals surface area contributed by atoms with Gasteiger partial charge in [-0.25, -0.2) is 19.3 Å². The second-order valence-corrected chi connectivity index (χ2v) is 9.49. The molecule has 4 rings (SSSR count). The number of aromatic nitrogens is 5. The maximum atomic E-state index is 10.6. The fourth-order valence-corrected chi connectivity index (χ4v) is 4.37. The molecule has 2 aromatic rings. The lowest BCUT2D eigenvalue weighted by molar-refractivity contribution is -0.193. The maximum Gasteiger partial charge on any atom is 0.490 e. The minimum atomic E-state index is -5.08. The lowest BCUT2D eigenvalue weighted by Gasteiger charge is -2.31. The van der Waals surface area contributed by atoms with Crippen molar-refractivity contribution in [1.29, 1.82) is 0 Å². The highest BCUT2D eigenvalue weighted by atomic mass is 19.4. The number of hydrogen-bond donors (Lipinski definition) is 3. The van der Waals surface area contributed by atoms with Crippen LogP contribution in [0.2, 0.25) is 0 Å². The standard InChI is InChI=1S/C19H30N6.2C2HF3O2/c1-15-19(21-14-20-15)13-24-9-7-18(8-10-24)25-12-17(22-23-25)11-16-5-3-2-4-6-16;2*3-2(4,5)1(6)7/h12,14,16,18H,2-11,13H2,1H3,(H,20,21);2*(H,6,7). The number of aryl methyl sites for hydroxylation is 1. The van der Waals surface area contributed by atoms with Crippen molar-refractivity contribution >= 4 is 11.9 Å². The first-order valence-corrected chi connectivity index (χ1v) is 12.4. The Hall–Kier alpha value is -3.17. The Labute approximate surface area is 220 Å². The number of aromatic amines is 1. The number of alkyl halides is 6. The largest absolute Gasteiger partial charge is 0.490 e. The molecular weight excluding hydrogens is 538 g/mol. The zero-order chi connectivity index (χ0) is 29.2. The maximum absolute atomic E-state index is 10.6. The molecule has 2 aliphatic rings. The second-order valence-electron chi connectivity index (χ2n) is 9.49. The van der Waals surface area contributed by atoms with E-state index >= 15 is 0 Å².